The van der Waals surface area contributed by atoms with Gasteiger partial charge in [-0.05, 0) is 35.4 Å². The number of para-hydroxylation sites is 1. The standard InChI is InChI=1S/C21H19N3O/c25-21(14-13-18-10-7-15-22-16-18)23-24(20-11-5-2-6-12-20)17-19-8-3-1-4-9-19/h1-16H,17H2,(H,23,25)/b14-13+. The van der Waals surface area contributed by atoms with Crippen LogP contribution >= 0.6 is 0 Å². The second-order valence-corrected chi connectivity index (χ2v) is 5.50. The SMILES string of the molecule is O=C(/C=C/c1cccnc1)NN(Cc1ccccc1)c1ccccc1. The van der Waals surface area contributed by atoms with Crippen molar-refractivity contribution in [1.82, 2.24) is 10.4 Å². The molecule has 0 aliphatic rings. The highest BCUT2D eigenvalue weighted by molar-refractivity contribution is 5.92. The molecule has 0 bridgehead atoms. The summed E-state index contributed by atoms with van der Waals surface area (Å²) in [5.74, 6) is -0.191. The Kier molecular flexibility index (Phi) is 5.56. The van der Waals surface area contributed by atoms with Crippen LogP contribution in [0.5, 0.6) is 0 Å². The first-order valence-electron chi connectivity index (χ1n) is 8.06. The van der Waals surface area contributed by atoms with Crippen LogP contribution < -0.4 is 10.4 Å². The molecule has 124 valence electrons. The molecule has 1 heterocycles. The van der Waals surface area contributed by atoms with Gasteiger partial charge in [0.15, 0.2) is 0 Å². The zero-order valence-corrected chi connectivity index (χ0v) is 13.7. The minimum Gasteiger partial charge on any atom is -0.281 e. The highest BCUT2D eigenvalue weighted by Crippen LogP contribution is 2.14. The van der Waals surface area contributed by atoms with E-state index < -0.39 is 0 Å². The van der Waals surface area contributed by atoms with Gasteiger partial charge in [-0.1, -0.05) is 54.6 Å². The second-order valence-electron chi connectivity index (χ2n) is 5.50. The molecule has 0 atom stereocenters. The average Bonchev–Trinajstić information content (AvgIpc) is 2.68. The molecule has 4 nitrogen and oxygen atoms in total. The van der Waals surface area contributed by atoms with Crippen molar-refractivity contribution < 1.29 is 4.79 Å². The zero-order valence-electron chi connectivity index (χ0n) is 13.7. The van der Waals surface area contributed by atoms with Crippen molar-refractivity contribution in [3.63, 3.8) is 0 Å². The smallest absolute Gasteiger partial charge is 0.262 e. The second kappa shape index (κ2) is 8.45. The molecule has 0 saturated heterocycles. The summed E-state index contributed by atoms with van der Waals surface area (Å²) < 4.78 is 0. The van der Waals surface area contributed by atoms with Crippen molar-refractivity contribution in [1.29, 1.82) is 0 Å². The molecule has 1 aromatic heterocycles. The number of nitrogens with one attached hydrogen (secondary N) is 1. The third-order valence-electron chi connectivity index (χ3n) is 3.61. The predicted molar refractivity (Wildman–Crippen MR) is 100 cm³/mol. The number of carbonyl (C=O) groups excluding carboxylic acids is 1. The molecule has 0 fully saturated rings. The predicted octanol–water partition coefficient (Wildman–Crippen LogP) is 3.83. The molecule has 0 radical (unpaired) electrons. The molecule has 0 unspecified atom stereocenters. The van der Waals surface area contributed by atoms with Crippen LogP contribution in [0.3, 0.4) is 0 Å². The number of carbonyl (C=O) groups is 1. The first kappa shape index (κ1) is 16.5. The van der Waals surface area contributed by atoms with E-state index in [-0.39, 0.29) is 5.91 Å². The highest BCUT2D eigenvalue weighted by atomic mass is 16.2. The van der Waals surface area contributed by atoms with E-state index in [1.54, 1.807) is 18.5 Å². The van der Waals surface area contributed by atoms with E-state index in [1.807, 2.05) is 77.8 Å². The number of rotatable bonds is 6. The largest absolute Gasteiger partial charge is 0.281 e. The first-order valence-corrected chi connectivity index (χ1v) is 8.06. The Morgan fingerprint density at radius 1 is 0.960 bits per heavy atom. The van der Waals surface area contributed by atoms with Crippen molar-refractivity contribution in [3.05, 3.63) is 102 Å². The summed E-state index contributed by atoms with van der Waals surface area (Å²) in [6.07, 6.45) is 6.67. The maximum Gasteiger partial charge on any atom is 0.262 e. The summed E-state index contributed by atoms with van der Waals surface area (Å²) in [4.78, 5) is 16.4. The van der Waals surface area contributed by atoms with Crippen molar-refractivity contribution in [2.45, 2.75) is 6.54 Å². The van der Waals surface area contributed by atoms with Gasteiger partial charge < -0.3 is 0 Å². The molecule has 3 aromatic rings. The van der Waals surface area contributed by atoms with E-state index in [4.69, 9.17) is 0 Å². The molecule has 0 spiro atoms. The summed E-state index contributed by atoms with van der Waals surface area (Å²) in [6, 6.07) is 23.5. The Bertz CT molecular complexity index is 818. The lowest BCUT2D eigenvalue weighted by atomic mass is 10.2. The van der Waals surface area contributed by atoms with Gasteiger partial charge in [-0.3, -0.25) is 20.2 Å². The van der Waals surface area contributed by atoms with E-state index in [0.29, 0.717) is 6.54 Å². The van der Waals surface area contributed by atoms with Crippen molar-refractivity contribution >= 4 is 17.7 Å². The molecule has 0 aliphatic heterocycles. The fraction of sp³-hybridized carbons (Fsp3) is 0.0476. The van der Waals surface area contributed by atoms with Crippen LogP contribution in [0.15, 0.2) is 91.3 Å². The third-order valence-corrected chi connectivity index (χ3v) is 3.61. The van der Waals surface area contributed by atoms with E-state index in [2.05, 4.69) is 10.4 Å². The molecule has 2 aromatic carbocycles. The summed E-state index contributed by atoms with van der Waals surface area (Å²) in [5.41, 5.74) is 5.86. The third kappa shape index (κ3) is 5.04. The van der Waals surface area contributed by atoms with Crippen LogP contribution in [0.25, 0.3) is 6.08 Å². The van der Waals surface area contributed by atoms with Crippen molar-refractivity contribution in [2.24, 2.45) is 0 Å². The molecular weight excluding hydrogens is 310 g/mol. The van der Waals surface area contributed by atoms with Gasteiger partial charge in [0.05, 0.1) is 12.2 Å². The lowest BCUT2D eigenvalue weighted by molar-refractivity contribution is -0.116. The number of hydrogen-bond donors (Lipinski definition) is 1. The maximum atomic E-state index is 12.3. The van der Waals surface area contributed by atoms with E-state index in [0.717, 1.165) is 16.8 Å². The number of pyridine rings is 1. The quantitative estimate of drug-likeness (QED) is 0.552. The van der Waals surface area contributed by atoms with E-state index >= 15 is 0 Å². The molecule has 25 heavy (non-hydrogen) atoms. The van der Waals surface area contributed by atoms with Crippen LogP contribution in [0.2, 0.25) is 0 Å². The maximum absolute atomic E-state index is 12.3. The Balaban J connectivity index is 1.73. The fourth-order valence-corrected chi connectivity index (χ4v) is 2.39. The van der Waals surface area contributed by atoms with Gasteiger partial charge in [0.1, 0.15) is 0 Å². The Morgan fingerprint density at radius 2 is 1.68 bits per heavy atom. The van der Waals surface area contributed by atoms with Crippen LogP contribution in [0.4, 0.5) is 5.69 Å². The Morgan fingerprint density at radius 3 is 2.36 bits per heavy atom. The van der Waals surface area contributed by atoms with E-state index in [1.165, 1.54) is 6.08 Å². The van der Waals surface area contributed by atoms with Gasteiger partial charge in [-0.25, -0.2) is 0 Å². The Labute approximate surface area is 147 Å². The first-order chi connectivity index (χ1) is 12.3. The number of amides is 1. The van der Waals surface area contributed by atoms with Gasteiger partial charge in [0.25, 0.3) is 5.91 Å². The van der Waals surface area contributed by atoms with Crippen molar-refractivity contribution in [2.75, 3.05) is 5.01 Å². The van der Waals surface area contributed by atoms with Crippen LogP contribution in [-0.4, -0.2) is 10.9 Å². The number of anilines is 1. The van der Waals surface area contributed by atoms with Gasteiger partial charge in [0.2, 0.25) is 0 Å². The number of aromatic nitrogens is 1. The van der Waals surface area contributed by atoms with Gasteiger partial charge in [-0.15, -0.1) is 0 Å². The van der Waals surface area contributed by atoms with E-state index in [9.17, 15) is 4.79 Å². The molecule has 4 heteroatoms. The Hall–Kier alpha value is -3.40. The van der Waals surface area contributed by atoms with Gasteiger partial charge in [-0.2, -0.15) is 0 Å². The van der Waals surface area contributed by atoms with Crippen LogP contribution in [0.1, 0.15) is 11.1 Å². The number of nitrogens with zero attached hydrogens (tertiary/aromatic N) is 2. The minimum absolute atomic E-state index is 0.191. The highest BCUT2D eigenvalue weighted by Gasteiger charge is 2.09. The lowest BCUT2D eigenvalue weighted by Crippen LogP contribution is -2.41. The summed E-state index contributed by atoms with van der Waals surface area (Å²) in [6.45, 7) is 0.581. The normalized spacial score (nSPS) is 10.6. The molecular formula is C21H19N3O. The molecule has 0 aliphatic carbocycles. The molecule has 0 saturated carbocycles. The molecule has 1 amide bonds. The average molecular weight is 329 g/mol. The minimum atomic E-state index is -0.191. The van der Waals surface area contributed by atoms with Gasteiger partial charge in [0, 0.05) is 18.5 Å². The number of hydrazine groups is 1. The van der Waals surface area contributed by atoms with Crippen molar-refractivity contribution in [3.8, 4) is 0 Å². The summed E-state index contributed by atoms with van der Waals surface area (Å²) in [5, 5.41) is 1.84. The monoisotopic (exact) mass is 329 g/mol. The number of benzene rings is 2. The molecule has 3 rings (SSSR count). The lowest BCUT2D eigenvalue weighted by Gasteiger charge is -2.25. The fourth-order valence-electron chi connectivity index (χ4n) is 2.39. The number of hydrogen-bond acceptors (Lipinski definition) is 3. The van der Waals surface area contributed by atoms with Gasteiger partial charge >= 0.3 is 0 Å². The van der Waals surface area contributed by atoms with Crippen LogP contribution in [0, 0.1) is 0 Å². The summed E-state index contributed by atoms with van der Waals surface area (Å²) >= 11 is 0. The zero-order chi connectivity index (χ0) is 17.3. The molecule has 1 N–H and O–H groups in total. The topological polar surface area (TPSA) is 45.2 Å². The summed E-state index contributed by atoms with van der Waals surface area (Å²) in [7, 11) is 0. The van der Waals surface area contributed by atoms with Crippen LogP contribution in [-0.2, 0) is 11.3 Å².